The summed E-state index contributed by atoms with van der Waals surface area (Å²) in [6.07, 6.45) is 1.79. The monoisotopic (exact) mass is 256 g/mol. The predicted molar refractivity (Wildman–Crippen MR) is 69.1 cm³/mol. The molecule has 1 aromatic rings. The maximum absolute atomic E-state index is 13.0. The smallest absolute Gasteiger partial charge is 0.292 e. The first-order chi connectivity index (χ1) is 8.15. The molecule has 92 valence electrons. The van der Waals surface area contributed by atoms with Crippen molar-refractivity contribution in [3.8, 4) is 0 Å². The molecule has 6 heteroatoms. The van der Waals surface area contributed by atoms with E-state index in [0.717, 1.165) is 29.7 Å². The molecule has 0 aliphatic rings. The molecule has 0 amide bonds. The van der Waals surface area contributed by atoms with E-state index in [4.69, 9.17) is 0 Å². The summed E-state index contributed by atoms with van der Waals surface area (Å²) in [6, 6.07) is 3.38. The Morgan fingerprint density at radius 1 is 1.59 bits per heavy atom. The van der Waals surface area contributed by atoms with E-state index in [0.29, 0.717) is 6.54 Å². The van der Waals surface area contributed by atoms with E-state index in [1.165, 1.54) is 0 Å². The molecule has 0 spiro atoms. The summed E-state index contributed by atoms with van der Waals surface area (Å²) >= 11 is 1.65. The van der Waals surface area contributed by atoms with Crippen molar-refractivity contribution in [3.63, 3.8) is 0 Å². The zero-order valence-corrected chi connectivity index (χ0v) is 10.0. The Labute approximate surface area is 103 Å². The number of benzene rings is 1. The van der Waals surface area contributed by atoms with Crippen LogP contribution in [0.4, 0.5) is 15.8 Å². The van der Waals surface area contributed by atoms with Gasteiger partial charge in [-0.1, -0.05) is 6.08 Å². The van der Waals surface area contributed by atoms with E-state index in [2.05, 4.69) is 11.9 Å². The van der Waals surface area contributed by atoms with Crippen LogP contribution < -0.4 is 5.32 Å². The molecule has 4 nitrogen and oxygen atoms in total. The zero-order chi connectivity index (χ0) is 12.7. The molecule has 0 aromatic heterocycles. The van der Waals surface area contributed by atoms with Gasteiger partial charge >= 0.3 is 0 Å². The molecule has 1 N–H and O–H groups in total. The number of thioether (sulfide) groups is 1. The fraction of sp³-hybridized carbons (Fsp3) is 0.273. The Balaban J connectivity index is 2.59. The molecule has 0 fully saturated rings. The number of nitrogens with one attached hydrogen (secondary N) is 1. The summed E-state index contributed by atoms with van der Waals surface area (Å²) in [5.41, 5.74) is 0.106. The minimum atomic E-state index is -0.529. The Hall–Kier alpha value is -1.56. The summed E-state index contributed by atoms with van der Waals surface area (Å²) in [7, 11) is 0. The van der Waals surface area contributed by atoms with Crippen LogP contribution in [-0.2, 0) is 0 Å². The van der Waals surface area contributed by atoms with Crippen molar-refractivity contribution in [1.82, 2.24) is 0 Å². The van der Waals surface area contributed by atoms with Gasteiger partial charge < -0.3 is 5.32 Å². The first-order valence-corrected chi connectivity index (χ1v) is 6.17. The molecule has 0 bridgehead atoms. The lowest BCUT2D eigenvalue weighted by molar-refractivity contribution is -0.384. The lowest BCUT2D eigenvalue weighted by Gasteiger charge is -2.06. The number of nitro groups is 1. The first-order valence-electron chi connectivity index (χ1n) is 5.01. The highest BCUT2D eigenvalue weighted by atomic mass is 32.2. The largest absolute Gasteiger partial charge is 0.379 e. The van der Waals surface area contributed by atoms with Crippen molar-refractivity contribution >= 4 is 23.1 Å². The third-order valence-electron chi connectivity index (χ3n) is 1.95. The molecule has 1 rings (SSSR count). The Morgan fingerprint density at radius 2 is 2.35 bits per heavy atom. The highest BCUT2D eigenvalue weighted by Gasteiger charge is 2.13. The van der Waals surface area contributed by atoms with Crippen LogP contribution >= 0.6 is 11.8 Å². The standard InChI is InChI=1S/C11H13FN2O2S/c1-2-6-17-7-5-13-10-8-9(12)3-4-11(10)14(15)16/h2-4,8,13H,1,5-7H2. The van der Waals surface area contributed by atoms with Gasteiger partial charge in [-0.05, 0) is 6.07 Å². The second-order valence-corrected chi connectivity index (χ2v) is 4.36. The molecule has 17 heavy (non-hydrogen) atoms. The number of halogens is 1. The fourth-order valence-corrected chi connectivity index (χ4v) is 1.81. The average Bonchev–Trinajstić information content (AvgIpc) is 2.28. The summed E-state index contributed by atoms with van der Waals surface area (Å²) < 4.78 is 13.0. The third-order valence-corrected chi connectivity index (χ3v) is 2.92. The van der Waals surface area contributed by atoms with Gasteiger partial charge in [-0.25, -0.2) is 4.39 Å². The molecule has 0 aliphatic heterocycles. The third kappa shape index (κ3) is 4.44. The van der Waals surface area contributed by atoms with Crippen LogP contribution in [0, 0.1) is 15.9 Å². The van der Waals surface area contributed by atoms with Gasteiger partial charge in [0.05, 0.1) is 4.92 Å². The van der Waals surface area contributed by atoms with Crippen LogP contribution in [0.25, 0.3) is 0 Å². The topological polar surface area (TPSA) is 55.2 Å². The molecule has 0 saturated heterocycles. The van der Waals surface area contributed by atoms with Crippen molar-refractivity contribution in [2.45, 2.75) is 0 Å². The van der Waals surface area contributed by atoms with E-state index in [1.54, 1.807) is 17.8 Å². The van der Waals surface area contributed by atoms with Gasteiger partial charge in [0.2, 0.25) is 0 Å². The molecule has 0 radical (unpaired) electrons. The average molecular weight is 256 g/mol. The van der Waals surface area contributed by atoms with E-state index < -0.39 is 10.7 Å². The van der Waals surface area contributed by atoms with Crippen molar-refractivity contribution in [2.24, 2.45) is 0 Å². The molecular formula is C11H13FN2O2S. The molecule has 0 atom stereocenters. The fourth-order valence-electron chi connectivity index (χ4n) is 1.23. The number of anilines is 1. The van der Waals surface area contributed by atoms with Crippen LogP contribution in [0.1, 0.15) is 0 Å². The number of hydrogen-bond donors (Lipinski definition) is 1. The lowest BCUT2D eigenvalue weighted by atomic mass is 10.2. The normalized spacial score (nSPS) is 9.94. The van der Waals surface area contributed by atoms with Crippen molar-refractivity contribution in [1.29, 1.82) is 0 Å². The zero-order valence-electron chi connectivity index (χ0n) is 9.19. The number of nitro benzene ring substituents is 1. The van der Waals surface area contributed by atoms with Gasteiger partial charge in [-0.15, -0.1) is 6.58 Å². The van der Waals surface area contributed by atoms with Gasteiger partial charge in [0.1, 0.15) is 11.5 Å². The number of hydrogen-bond acceptors (Lipinski definition) is 4. The quantitative estimate of drug-likeness (QED) is 0.352. The number of rotatable bonds is 7. The van der Waals surface area contributed by atoms with Gasteiger partial charge in [-0.3, -0.25) is 10.1 Å². The Kier molecular flexibility index (Phi) is 5.48. The Bertz CT molecular complexity index is 412. The van der Waals surface area contributed by atoms with Crippen LogP contribution in [0.2, 0.25) is 0 Å². The first kappa shape index (κ1) is 13.5. The molecular weight excluding hydrogens is 243 g/mol. The van der Waals surface area contributed by atoms with E-state index >= 15 is 0 Å². The molecule has 0 saturated carbocycles. The molecule has 0 unspecified atom stereocenters. The lowest BCUT2D eigenvalue weighted by Crippen LogP contribution is -2.06. The van der Waals surface area contributed by atoms with Crippen LogP contribution in [-0.4, -0.2) is 23.0 Å². The van der Waals surface area contributed by atoms with Gasteiger partial charge in [0.25, 0.3) is 5.69 Å². The van der Waals surface area contributed by atoms with Crippen LogP contribution in [0.3, 0.4) is 0 Å². The van der Waals surface area contributed by atoms with Crippen molar-refractivity contribution in [3.05, 3.63) is 46.8 Å². The maximum atomic E-state index is 13.0. The summed E-state index contributed by atoms with van der Waals surface area (Å²) in [5.74, 6) is 1.11. The second kappa shape index (κ2) is 6.90. The second-order valence-electron chi connectivity index (χ2n) is 3.21. The summed E-state index contributed by atoms with van der Waals surface area (Å²) in [5, 5.41) is 13.6. The molecule has 1 aromatic carbocycles. The van der Waals surface area contributed by atoms with Crippen LogP contribution in [0.5, 0.6) is 0 Å². The molecule has 0 aliphatic carbocycles. The van der Waals surface area contributed by atoms with Gasteiger partial charge in [0.15, 0.2) is 0 Å². The molecule has 0 heterocycles. The van der Waals surface area contributed by atoms with Crippen LogP contribution in [0.15, 0.2) is 30.9 Å². The van der Waals surface area contributed by atoms with Gasteiger partial charge in [0, 0.05) is 30.2 Å². The predicted octanol–water partition coefficient (Wildman–Crippen LogP) is 3.07. The van der Waals surface area contributed by atoms with E-state index in [-0.39, 0.29) is 11.4 Å². The summed E-state index contributed by atoms with van der Waals surface area (Å²) in [6.45, 7) is 4.13. The van der Waals surface area contributed by atoms with Crippen molar-refractivity contribution in [2.75, 3.05) is 23.4 Å². The van der Waals surface area contributed by atoms with Gasteiger partial charge in [-0.2, -0.15) is 11.8 Å². The highest BCUT2D eigenvalue weighted by molar-refractivity contribution is 7.99. The highest BCUT2D eigenvalue weighted by Crippen LogP contribution is 2.24. The SMILES string of the molecule is C=CCSCCNc1cc(F)ccc1[N+](=O)[O-]. The minimum Gasteiger partial charge on any atom is -0.379 e. The van der Waals surface area contributed by atoms with E-state index in [1.807, 2.05) is 0 Å². The van der Waals surface area contributed by atoms with Crippen molar-refractivity contribution < 1.29 is 9.31 Å². The minimum absolute atomic E-state index is 0.111. The van der Waals surface area contributed by atoms with E-state index in [9.17, 15) is 14.5 Å². The Morgan fingerprint density at radius 3 is 3.00 bits per heavy atom. The number of nitrogens with zero attached hydrogens (tertiary/aromatic N) is 1. The maximum Gasteiger partial charge on any atom is 0.292 e. The summed E-state index contributed by atoms with van der Waals surface area (Å²) in [4.78, 5) is 10.2.